The Kier molecular flexibility index (Phi) is 8.40. The molecule has 0 saturated carbocycles. The van der Waals surface area contributed by atoms with Gasteiger partial charge in [0.15, 0.2) is 0 Å². The van der Waals surface area contributed by atoms with Gasteiger partial charge in [0.2, 0.25) is 0 Å². The Balaban J connectivity index is 0.00000374. The van der Waals surface area contributed by atoms with Crippen molar-refractivity contribution >= 4 is 44.6 Å². The second kappa shape index (κ2) is 13.2. The summed E-state index contributed by atoms with van der Waals surface area (Å²) >= 11 is 0. The third kappa shape index (κ3) is 5.85. The van der Waals surface area contributed by atoms with E-state index in [1.807, 2.05) is 83.3 Å². The molecule has 1 aliphatic rings. The van der Waals surface area contributed by atoms with Crippen molar-refractivity contribution in [1.82, 2.24) is 14.7 Å². The largest absolute Gasteiger partial charge is 0.509 e. The van der Waals surface area contributed by atoms with Crippen molar-refractivity contribution in [2.45, 2.75) is 19.8 Å². The Morgan fingerprint density at radius 1 is 0.765 bits per heavy atom. The molecule has 3 aromatic heterocycles. The molecule has 0 aliphatic carbocycles. The van der Waals surface area contributed by atoms with E-state index in [9.17, 15) is 4.39 Å². The van der Waals surface area contributed by atoms with Crippen LogP contribution in [0.5, 0.6) is 11.5 Å². The monoisotopic (exact) mass is 849 g/mol. The van der Waals surface area contributed by atoms with Crippen LogP contribution in [-0.4, -0.2) is 14.7 Å². The van der Waals surface area contributed by atoms with Gasteiger partial charge in [0.1, 0.15) is 17.4 Å². The first-order valence-corrected chi connectivity index (χ1v) is 16.4. The maximum Gasteiger partial charge on any atom is 0.143 e. The summed E-state index contributed by atoms with van der Waals surface area (Å²) in [5.41, 5.74) is 7.30. The van der Waals surface area contributed by atoms with E-state index in [1.54, 1.807) is 18.3 Å². The van der Waals surface area contributed by atoms with Crippen LogP contribution in [-0.2, 0) is 21.1 Å². The van der Waals surface area contributed by atoms with Crippen LogP contribution in [0.4, 0.5) is 27.1 Å². The van der Waals surface area contributed by atoms with Gasteiger partial charge in [-0.05, 0) is 71.5 Å². The van der Waals surface area contributed by atoms with Crippen molar-refractivity contribution in [2.75, 3.05) is 9.80 Å². The van der Waals surface area contributed by atoms with E-state index in [4.69, 9.17) is 14.2 Å². The first-order chi connectivity index (χ1) is 24.5. The van der Waals surface area contributed by atoms with Crippen molar-refractivity contribution in [2.24, 2.45) is 0 Å². The summed E-state index contributed by atoms with van der Waals surface area (Å²) < 4.78 is 28.1. The number of anilines is 4. The Morgan fingerprint density at radius 2 is 1.55 bits per heavy atom. The van der Waals surface area contributed by atoms with Gasteiger partial charge in [0.25, 0.3) is 0 Å². The topological polar surface area (TPSA) is 59.6 Å². The smallest absolute Gasteiger partial charge is 0.143 e. The van der Waals surface area contributed by atoms with Crippen LogP contribution in [0.1, 0.15) is 25.3 Å². The number of benzene rings is 5. The number of hydrogen-bond acceptors (Lipinski definition) is 6. The van der Waals surface area contributed by atoms with Crippen molar-refractivity contribution < 1.29 is 34.7 Å². The Morgan fingerprint density at radius 3 is 2.33 bits per heavy atom. The minimum atomic E-state index is -0.288. The van der Waals surface area contributed by atoms with Crippen LogP contribution in [0.25, 0.3) is 38.9 Å². The first kappa shape index (κ1) is 32.5. The Hall–Kier alpha value is -5.72. The fraction of sp³-hybridized carbons (Fsp3) is 0.0714. The molecule has 4 heterocycles. The summed E-state index contributed by atoms with van der Waals surface area (Å²) in [7, 11) is 0. The molecule has 9 heteroatoms. The number of rotatable bonds is 7. The Bertz CT molecular complexity index is 2510. The molecule has 0 unspecified atom stereocenters. The number of para-hydroxylation sites is 3. The van der Waals surface area contributed by atoms with Crippen LogP contribution in [0.3, 0.4) is 0 Å². The fourth-order valence-electron chi connectivity index (χ4n) is 6.54. The molecule has 0 radical (unpaired) electrons. The van der Waals surface area contributed by atoms with E-state index in [0.29, 0.717) is 23.2 Å². The van der Waals surface area contributed by atoms with Crippen molar-refractivity contribution in [3.8, 4) is 28.6 Å². The zero-order chi connectivity index (χ0) is 33.8. The van der Waals surface area contributed by atoms with Crippen LogP contribution >= 0.6 is 0 Å². The van der Waals surface area contributed by atoms with E-state index in [-0.39, 0.29) is 26.9 Å². The quantitative estimate of drug-likeness (QED) is 0.149. The molecule has 0 bridgehead atoms. The number of hydrogen-bond donors (Lipinski definition) is 0. The van der Waals surface area contributed by atoms with Gasteiger partial charge in [0, 0.05) is 67.4 Å². The summed E-state index contributed by atoms with van der Waals surface area (Å²) in [6.45, 7) is 6.33. The first-order valence-electron chi connectivity index (χ1n) is 16.4. The van der Waals surface area contributed by atoms with Crippen LogP contribution in [0.2, 0.25) is 0 Å². The third-order valence-electron chi connectivity index (χ3n) is 8.99. The molecule has 5 aromatic carbocycles. The molecule has 0 fully saturated rings. The van der Waals surface area contributed by atoms with Crippen LogP contribution in [0, 0.1) is 24.6 Å². The van der Waals surface area contributed by atoms with E-state index >= 15 is 0 Å². The SMILES string of the molecule is CC(C)c1ccnc(-n2c3[c-]c(Oc4[c-]c(N5[CH-]N(c6ccc(F)cc6)c6ccccc65)cc(-c5ccno5)c4)ccc3c3ccccc32)c1.[Pt]. The molecule has 0 spiro atoms. The summed E-state index contributed by atoms with van der Waals surface area (Å²) in [4.78, 5) is 8.83. The average Bonchev–Trinajstić information content (AvgIpc) is 3.89. The van der Waals surface area contributed by atoms with Crippen molar-refractivity contribution in [1.29, 1.82) is 0 Å². The van der Waals surface area contributed by atoms with Gasteiger partial charge in [-0.2, -0.15) is 6.07 Å². The molecule has 1 aliphatic heterocycles. The van der Waals surface area contributed by atoms with E-state index in [0.717, 1.165) is 55.9 Å². The van der Waals surface area contributed by atoms with Crippen molar-refractivity contribution in [3.63, 3.8) is 0 Å². The molecule has 0 atom stereocenters. The molecular weight excluding hydrogens is 821 g/mol. The van der Waals surface area contributed by atoms with Gasteiger partial charge in [-0.3, -0.25) is 0 Å². The maximum absolute atomic E-state index is 13.8. The van der Waals surface area contributed by atoms with Gasteiger partial charge in [0.05, 0.1) is 6.20 Å². The normalized spacial score (nSPS) is 12.5. The van der Waals surface area contributed by atoms with Crippen molar-refractivity contribution in [3.05, 3.63) is 158 Å². The van der Waals surface area contributed by atoms with Crippen LogP contribution in [0.15, 0.2) is 132 Å². The second-order valence-electron chi connectivity index (χ2n) is 12.5. The standard InChI is InChI=1S/C42H29FN5O2.Pt/c1-27(2)28-17-19-44-42(23-28)48-37-8-4-3-7-35(37)36-16-15-33(25-40(36)48)49-34-22-29(41-18-20-45-50-41)21-32(24-34)47-26-46(31-13-11-30(43)12-14-31)38-9-5-6-10-39(38)47;/h3-23,26-27H,1-2H3;/q-3;. The number of pyridine rings is 1. The summed E-state index contributed by atoms with van der Waals surface area (Å²) in [6, 6.07) is 43.7. The Labute approximate surface area is 308 Å². The second-order valence-corrected chi connectivity index (χ2v) is 12.5. The van der Waals surface area contributed by atoms with Gasteiger partial charge in [-0.1, -0.05) is 60.4 Å². The molecular formula is C42H29FN5O2Pt-3. The molecule has 0 N–H and O–H groups in total. The van der Waals surface area contributed by atoms with E-state index in [2.05, 4.69) is 66.0 Å². The summed E-state index contributed by atoms with van der Waals surface area (Å²) in [6.07, 6.45) is 3.48. The molecule has 0 saturated heterocycles. The van der Waals surface area contributed by atoms with Gasteiger partial charge in [-0.15, -0.1) is 48.1 Å². The molecule has 0 amide bonds. The average molecular weight is 850 g/mol. The molecule has 51 heavy (non-hydrogen) atoms. The van der Waals surface area contributed by atoms with Crippen LogP contribution < -0.4 is 14.5 Å². The minimum absolute atomic E-state index is 0. The fourth-order valence-corrected chi connectivity index (χ4v) is 6.54. The van der Waals surface area contributed by atoms with Gasteiger partial charge < -0.3 is 23.6 Å². The van der Waals surface area contributed by atoms with Gasteiger partial charge in [-0.25, -0.2) is 9.37 Å². The molecule has 9 rings (SSSR count). The third-order valence-corrected chi connectivity index (χ3v) is 8.99. The molecule has 7 nitrogen and oxygen atoms in total. The number of halogens is 1. The predicted octanol–water partition coefficient (Wildman–Crippen LogP) is 10.9. The predicted molar refractivity (Wildman–Crippen MR) is 194 cm³/mol. The molecule has 8 aromatic rings. The van der Waals surface area contributed by atoms with E-state index in [1.165, 1.54) is 17.7 Å². The number of nitrogens with zero attached hydrogens (tertiary/aromatic N) is 5. The zero-order valence-electron chi connectivity index (χ0n) is 27.5. The zero-order valence-corrected chi connectivity index (χ0v) is 29.8. The summed E-state index contributed by atoms with van der Waals surface area (Å²) in [5.74, 6) is 2.48. The molecule has 254 valence electrons. The number of aromatic nitrogens is 3. The van der Waals surface area contributed by atoms with E-state index < -0.39 is 0 Å². The number of ether oxygens (including phenoxy) is 1. The van der Waals surface area contributed by atoms with Gasteiger partial charge >= 0.3 is 0 Å². The maximum atomic E-state index is 13.8. The summed E-state index contributed by atoms with van der Waals surface area (Å²) in [5, 5.41) is 6.10. The minimum Gasteiger partial charge on any atom is -0.509 e. The number of fused-ring (bicyclic) bond motifs is 4.